The second kappa shape index (κ2) is 7.06. The van der Waals surface area contributed by atoms with Gasteiger partial charge in [-0.15, -0.1) is 0 Å². The molecule has 1 aromatic carbocycles. The molecule has 1 aliphatic rings. The Morgan fingerprint density at radius 1 is 1.40 bits per heavy atom. The molecule has 0 saturated carbocycles. The van der Waals surface area contributed by atoms with Gasteiger partial charge in [-0.2, -0.15) is 5.26 Å². The lowest BCUT2D eigenvalue weighted by Crippen LogP contribution is -2.43. The lowest BCUT2D eigenvalue weighted by molar-refractivity contribution is -0.136. The van der Waals surface area contributed by atoms with Crippen LogP contribution in [0, 0.1) is 17.2 Å². The highest BCUT2D eigenvalue weighted by Gasteiger charge is 2.28. The molecular weight excluding hydrogens is 252 g/mol. The maximum atomic E-state index is 12.4. The molecule has 4 nitrogen and oxygen atoms in total. The molecule has 4 heteroatoms. The van der Waals surface area contributed by atoms with E-state index in [1.165, 1.54) is 0 Å². The van der Waals surface area contributed by atoms with Gasteiger partial charge in [-0.1, -0.05) is 30.3 Å². The van der Waals surface area contributed by atoms with Crippen molar-refractivity contribution in [2.24, 2.45) is 5.92 Å². The van der Waals surface area contributed by atoms with Crippen LogP contribution in [0.5, 0.6) is 0 Å². The van der Waals surface area contributed by atoms with Crippen LogP contribution < -0.4 is 0 Å². The van der Waals surface area contributed by atoms with E-state index in [4.69, 9.17) is 4.74 Å². The summed E-state index contributed by atoms with van der Waals surface area (Å²) in [6.07, 6.45) is 2.18. The standard InChI is InChI=1S/C16H20N2O2/c1-18(15-7-9-20-10-8-15)16(19)14(12-17)11-13-5-3-2-4-6-13/h2-6,14-15H,7-11H2,1H3. The number of ether oxygens (including phenoxy) is 1. The smallest absolute Gasteiger partial charge is 0.240 e. The molecule has 0 aromatic heterocycles. The third-order valence-corrected chi connectivity index (χ3v) is 3.82. The maximum absolute atomic E-state index is 12.4. The van der Waals surface area contributed by atoms with Gasteiger partial charge in [0.1, 0.15) is 5.92 Å². The molecule has 0 radical (unpaired) electrons. The van der Waals surface area contributed by atoms with Gasteiger partial charge in [0.25, 0.3) is 0 Å². The maximum Gasteiger partial charge on any atom is 0.240 e. The number of benzene rings is 1. The molecule has 1 fully saturated rings. The van der Waals surface area contributed by atoms with Crippen molar-refractivity contribution in [2.75, 3.05) is 20.3 Å². The molecule has 1 amide bonds. The molecule has 2 rings (SSSR count). The van der Waals surface area contributed by atoms with Gasteiger partial charge in [0.2, 0.25) is 5.91 Å². The fraction of sp³-hybridized carbons (Fsp3) is 0.500. The van der Waals surface area contributed by atoms with Crippen LogP contribution in [0.15, 0.2) is 30.3 Å². The normalized spacial score (nSPS) is 17.2. The van der Waals surface area contributed by atoms with Crippen LogP contribution in [-0.2, 0) is 16.0 Å². The van der Waals surface area contributed by atoms with E-state index in [0.29, 0.717) is 19.6 Å². The van der Waals surface area contributed by atoms with E-state index in [1.54, 1.807) is 11.9 Å². The van der Waals surface area contributed by atoms with E-state index >= 15 is 0 Å². The molecule has 1 aliphatic heterocycles. The lowest BCUT2D eigenvalue weighted by atomic mass is 9.98. The fourth-order valence-corrected chi connectivity index (χ4v) is 2.54. The minimum atomic E-state index is -0.606. The third kappa shape index (κ3) is 3.58. The van der Waals surface area contributed by atoms with Crippen molar-refractivity contribution >= 4 is 5.91 Å². The zero-order valence-electron chi connectivity index (χ0n) is 11.8. The Hall–Kier alpha value is -1.86. The number of nitrogens with zero attached hydrogens (tertiary/aromatic N) is 2. The summed E-state index contributed by atoms with van der Waals surface area (Å²) in [5.74, 6) is -0.687. The molecule has 1 saturated heterocycles. The minimum Gasteiger partial charge on any atom is -0.381 e. The largest absolute Gasteiger partial charge is 0.381 e. The van der Waals surface area contributed by atoms with E-state index in [0.717, 1.165) is 18.4 Å². The Morgan fingerprint density at radius 2 is 2.05 bits per heavy atom. The quantitative estimate of drug-likeness (QED) is 0.842. The van der Waals surface area contributed by atoms with Gasteiger partial charge in [-0.3, -0.25) is 4.79 Å². The van der Waals surface area contributed by atoms with Crippen molar-refractivity contribution in [3.63, 3.8) is 0 Å². The van der Waals surface area contributed by atoms with E-state index < -0.39 is 5.92 Å². The van der Waals surface area contributed by atoms with Crippen LogP contribution in [-0.4, -0.2) is 37.1 Å². The minimum absolute atomic E-state index is 0.0803. The van der Waals surface area contributed by atoms with Crippen LogP contribution in [0.4, 0.5) is 0 Å². The first kappa shape index (κ1) is 14.5. The first-order valence-electron chi connectivity index (χ1n) is 7.00. The van der Waals surface area contributed by atoms with Crippen LogP contribution in [0.1, 0.15) is 18.4 Å². The highest BCUT2D eigenvalue weighted by molar-refractivity contribution is 5.81. The predicted octanol–water partition coefficient (Wildman–Crippen LogP) is 2.01. The van der Waals surface area contributed by atoms with Crippen molar-refractivity contribution in [1.29, 1.82) is 5.26 Å². The molecule has 20 heavy (non-hydrogen) atoms. The lowest BCUT2D eigenvalue weighted by Gasteiger charge is -2.32. The van der Waals surface area contributed by atoms with E-state index in [-0.39, 0.29) is 11.9 Å². The zero-order chi connectivity index (χ0) is 14.4. The molecule has 0 aliphatic carbocycles. The van der Waals surface area contributed by atoms with Gasteiger partial charge in [0.15, 0.2) is 0 Å². The van der Waals surface area contributed by atoms with Crippen molar-refractivity contribution in [2.45, 2.75) is 25.3 Å². The number of hydrogen-bond acceptors (Lipinski definition) is 3. The highest BCUT2D eigenvalue weighted by Crippen LogP contribution is 2.17. The number of carbonyl (C=O) groups is 1. The molecule has 1 aromatic rings. The summed E-state index contributed by atoms with van der Waals surface area (Å²) in [6, 6.07) is 12.0. The van der Waals surface area contributed by atoms with Crippen molar-refractivity contribution in [3.05, 3.63) is 35.9 Å². The third-order valence-electron chi connectivity index (χ3n) is 3.82. The van der Waals surface area contributed by atoms with E-state index in [1.807, 2.05) is 30.3 Å². The summed E-state index contributed by atoms with van der Waals surface area (Å²) in [7, 11) is 1.80. The Labute approximate surface area is 120 Å². The average molecular weight is 272 g/mol. The molecule has 0 N–H and O–H groups in total. The number of amides is 1. The number of hydrogen-bond donors (Lipinski definition) is 0. The molecule has 1 heterocycles. The van der Waals surface area contributed by atoms with Crippen molar-refractivity contribution in [3.8, 4) is 6.07 Å². The SMILES string of the molecule is CN(C(=O)C(C#N)Cc1ccccc1)C1CCOCC1. The summed E-state index contributed by atoms with van der Waals surface area (Å²) in [5, 5.41) is 9.28. The van der Waals surface area contributed by atoms with E-state index in [9.17, 15) is 10.1 Å². The van der Waals surface area contributed by atoms with Gasteiger partial charge >= 0.3 is 0 Å². The van der Waals surface area contributed by atoms with Gasteiger partial charge < -0.3 is 9.64 Å². The van der Waals surface area contributed by atoms with Crippen LogP contribution in [0.2, 0.25) is 0 Å². The Morgan fingerprint density at radius 3 is 2.65 bits per heavy atom. The summed E-state index contributed by atoms with van der Waals surface area (Å²) >= 11 is 0. The number of rotatable bonds is 4. The molecule has 0 bridgehead atoms. The summed E-state index contributed by atoms with van der Waals surface area (Å²) < 4.78 is 5.31. The summed E-state index contributed by atoms with van der Waals surface area (Å²) in [5.41, 5.74) is 1.02. The summed E-state index contributed by atoms with van der Waals surface area (Å²) in [6.45, 7) is 1.39. The first-order chi connectivity index (χ1) is 9.72. The van der Waals surface area contributed by atoms with Crippen LogP contribution in [0.3, 0.4) is 0 Å². The molecule has 106 valence electrons. The predicted molar refractivity (Wildman–Crippen MR) is 75.9 cm³/mol. The van der Waals surface area contributed by atoms with Crippen LogP contribution in [0.25, 0.3) is 0 Å². The second-order valence-electron chi connectivity index (χ2n) is 5.16. The molecule has 1 atom stereocenters. The Bertz CT molecular complexity index is 475. The fourth-order valence-electron chi connectivity index (χ4n) is 2.54. The van der Waals surface area contributed by atoms with Gasteiger partial charge in [0.05, 0.1) is 6.07 Å². The molecular formula is C16H20N2O2. The second-order valence-corrected chi connectivity index (χ2v) is 5.16. The molecule has 1 unspecified atom stereocenters. The molecule has 0 spiro atoms. The van der Waals surface area contributed by atoms with Gasteiger partial charge in [0, 0.05) is 26.3 Å². The Kier molecular flexibility index (Phi) is 5.14. The van der Waals surface area contributed by atoms with Crippen LogP contribution >= 0.6 is 0 Å². The van der Waals surface area contributed by atoms with Crippen molar-refractivity contribution < 1.29 is 9.53 Å². The first-order valence-corrected chi connectivity index (χ1v) is 7.00. The van der Waals surface area contributed by atoms with Crippen molar-refractivity contribution in [1.82, 2.24) is 4.90 Å². The highest BCUT2D eigenvalue weighted by atomic mass is 16.5. The summed E-state index contributed by atoms with van der Waals surface area (Å²) in [4.78, 5) is 14.2. The monoisotopic (exact) mass is 272 g/mol. The average Bonchev–Trinajstić information content (AvgIpc) is 2.53. The van der Waals surface area contributed by atoms with Gasteiger partial charge in [-0.05, 0) is 24.8 Å². The zero-order valence-corrected chi connectivity index (χ0v) is 11.8. The topological polar surface area (TPSA) is 53.3 Å². The number of nitriles is 1. The Balaban J connectivity index is 1.99. The number of carbonyl (C=O) groups excluding carboxylic acids is 1. The van der Waals surface area contributed by atoms with Gasteiger partial charge in [-0.25, -0.2) is 0 Å². The van der Waals surface area contributed by atoms with E-state index in [2.05, 4.69) is 6.07 Å².